The third kappa shape index (κ3) is 3.60. The second-order valence-corrected chi connectivity index (χ2v) is 8.73. The Hall–Kier alpha value is -3.38. The molecule has 0 amide bonds. The van der Waals surface area contributed by atoms with Crippen LogP contribution in [0.5, 0.6) is 0 Å². The number of nitrogens with one attached hydrogen (secondary N) is 1. The predicted octanol–water partition coefficient (Wildman–Crippen LogP) is 5.26. The van der Waals surface area contributed by atoms with E-state index in [1.165, 1.54) is 0 Å². The fourth-order valence-electron chi connectivity index (χ4n) is 4.21. The number of piperazine rings is 1. The van der Waals surface area contributed by atoms with Crippen LogP contribution in [0.1, 0.15) is 18.2 Å². The minimum atomic E-state index is 0.668. The average Bonchev–Trinajstić information content (AvgIpc) is 3.18. The molecule has 1 aliphatic heterocycles. The Morgan fingerprint density at radius 1 is 1.03 bits per heavy atom. The first-order valence-electron chi connectivity index (χ1n) is 10.7. The number of nitrogens with zero attached hydrogens (tertiary/aromatic N) is 5. The van der Waals surface area contributed by atoms with Gasteiger partial charge in [-0.2, -0.15) is 5.10 Å². The summed E-state index contributed by atoms with van der Waals surface area (Å²) in [7, 11) is 0. The van der Waals surface area contributed by atoms with Crippen molar-refractivity contribution in [3.05, 3.63) is 71.7 Å². The zero-order chi connectivity index (χ0) is 22.4. The van der Waals surface area contributed by atoms with E-state index in [9.17, 15) is 0 Å². The number of aryl methyl sites for hydroxylation is 1. The van der Waals surface area contributed by atoms with Gasteiger partial charge in [-0.15, -0.1) is 0 Å². The molecule has 0 aliphatic carbocycles. The van der Waals surface area contributed by atoms with Gasteiger partial charge in [-0.25, -0.2) is 9.97 Å². The van der Waals surface area contributed by atoms with Gasteiger partial charge in [0, 0.05) is 65.8 Å². The summed E-state index contributed by atoms with van der Waals surface area (Å²) >= 11 is 6.64. The molecule has 0 atom stereocenters. The number of benzene rings is 1. The van der Waals surface area contributed by atoms with Crippen molar-refractivity contribution in [3.63, 3.8) is 0 Å². The van der Waals surface area contributed by atoms with E-state index in [2.05, 4.69) is 63.3 Å². The van der Waals surface area contributed by atoms with E-state index in [0.717, 1.165) is 76.4 Å². The Labute approximate surface area is 192 Å². The molecule has 0 saturated carbocycles. The first-order valence-corrected chi connectivity index (χ1v) is 11.0. The highest BCUT2D eigenvalue weighted by Gasteiger charge is 2.19. The van der Waals surface area contributed by atoms with Crippen molar-refractivity contribution in [2.24, 2.45) is 0 Å². The molecule has 162 valence electrons. The standard InChI is InChI=1S/C25H25ClN6/c1-15(2)31-7-9-32(10-8-31)17(4)18-5-6-20-22(26)13-23(28-24(20)12-18)19-11-21-16(3)29-30-25(21)27-14-19/h5-6,11-14H,1,4,7-10H2,2-3H3,(H,27,29,30). The highest BCUT2D eigenvalue weighted by molar-refractivity contribution is 6.35. The summed E-state index contributed by atoms with van der Waals surface area (Å²) in [4.78, 5) is 14.0. The minimum Gasteiger partial charge on any atom is -0.372 e. The van der Waals surface area contributed by atoms with Crippen molar-refractivity contribution >= 4 is 39.2 Å². The van der Waals surface area contributed by atoms with Crippen LogP contribution in [0.15, 0.2) is 55.4 Å². The number of pyridine rings is 2. The maximum absolute atomic E-state index is 6.64. The molecule has 5 rings (SSSR count). The van der Waals surface area contributed by atoms with Crippen LogP contribution in [-0.4, -0.2) is 56.1 Å². The van der Waals surface area contributed by atoms with Gasteiger partial charge in [0.2, 0.25) is 0 Å². The molecule has 4 heterocycles. The number of allylic oxidation sites excluding steroid dienone is 1. The van der Waals surface area contributed by atoms with Crippen LogP contribution in [0.25, 0.3) is 38.9 Å². The average molecular weight is 445 g/mol. The quantitative estimate of drug-likeness (QED) is 0.465. The summed E-state index contributed by atoms with van der Waals surface area (Å²) < 4.78 is 0. The van der Waals surface area contributed by atoms with Gasteiger partial charge in [-0.05, 0) is 37.6 Å². The second kappa shape index (κ2) is 7.95. The molecular weight excluding hydrogens is 420 g/mol. The smallest absolute Gasteiger partial charge is 0.181 e. The van der Waals surface area contributed by atoms with E-state index in [1.54, 1.807) is 6.20 Å². The van der Waals surface area contributed by atoms with Gasteiger partial charge < -0.3 is 9.80 Å². The largest absolute Gasteiger partial charge is 0.372 e. The number of rotatable bonds is 4. The SMILES string of the molecule is C=C(C)N1CCN(C(=C)c2ccc3c(Cl)cc(-c4cnc5n[nH]c(C)c5c4)nc3c2)CC1. The lowest BCUT2D eigenvalue weighted by Gasteiger charge is -2.38. The van der Waals surface area contributed by atoms with Crippen LogP contribution in [0.2, 0.25) is 5.02 Å². The lowest BCUT2D eigenvalue weighted by molar-refractivity contribution is 0.215. The molecular formula is C25H25ClN6. The molecule has 32 heavy (non-hydrogen) atoms. The number of aromatic nitrogens is 4. The van der Waals surface area contributed by atoms with Crippen LogP contribution >= 0.6 is 11.6 Å². The normalized spacial score (nSPS) is 14.3. The van der Waals surface area contributed by atoms with Crippen molar-refractivity contribution in [1.82, 2.24) is 30.0 Å². The van der Waals surface area contributed by atoms with E-state index in [-0.39, 0.29) is 0 Å². The lowest BCUT2D eigenvalue weighted by Crippen LogP contribution is -2.44. The molecule has 1 saturated heterocycles. The fraction of sp³-hybridized carbons (Fsp3) is 0.240. The van der Waals surface area contributed by atoms with Crippen molar-refractivity contribution in [3.8, 4) is 11.3 Å². The zero-order valence-electron chi connectivity index (χ0n) is 18.3. The van der Waals surface area contributed by atoms with Crippen LogP contribution in [0.3, 0.4) is 0 Å². The Balaban J connectivity index is 1.48. The number of aromatic amines is 1. The van der Waals surface area contributed by atoms with Gasteiger partial charge in [-0.3, -0.25) is 5.10 Å². The maximum Gasteiger partial charge on any atom is 0.181 e. The molecule has 0 radical (unpaired) electrons. The summed E-state index contributed by atoms with van der Waals surface area (Å²) in [6.45, 7) is 16.2. The molecule has 0 bridgehead atoms. The van der Waals surface area contributed by atoms with E-state index in [1.807, 2.05) is 19.1 Å². The van der Waals surface area contributed by atoms with Gasteiger partial charge in [0.05, 0.1) is 16.2 Å². The fourth-order valence-corrected chi connectivity index (χ4v) is 4.48. The van der Waals surface area contributed by atoms with E-state index in [4.69, 9.17) is 16.6 Å². The Bertz CT molecular complexity index is 1360. The summed E-state index contributed by atoms with van der Waals surface area (Å²) in [5.74, 6) is 0. The van der Waals surface area contributed by atoms with Gasteiger partial charge >= 0.3 is 0 Å². The minimum absolute atomic E-state index is 0.668. The molecule has 3 aromatic heterocycles. The Morgan fingerprint density at radius 3 is 2.53 bits per heavy atom. The van der Waals surface area contributed by atoms with Crippen molar-refractivity contribution in [1.29, 1.82) is 0 Å². The second-order valence-electron chi connectivity index (χ2n) is 8.32. The van der Waals surface area contributed by atoms with E-state index in [0.29, 0.717) is 10.7 Å². The molecule has 4 aromatic rings. The van der Waals surface area contributed by atoms with Crippen molar-refractivity contribution in [2.45, 2.75) is 13.8 Å². The summed E-state index contributed by atoms with van der Waals surface area (Å²) in [5.41, 5.74) is 7.40. The number of fused-ring (bicyclic) bond motifs is 2. The van der Waals surface area contributed by atoms with Crippen molar-refractivity contribution < 1.29 is 0 Å². The van der Waals surface area contributed by atoms with E-state index >= 15 is 0 Å². The highest BCUT2D eigenvalue weighted by Crippen LogP contribution is 2.31. The van der Waals surface area contributed by atoms with Crippen LogP contribution in [0.4, 0.5) is 0 Å². The van der Waals surface area contributed by atoms with Crippen molar-refractivity contribution in [2.75, 3.05) is 26.2 Å². The monoisotopic (exact) mass is 444 g/mol. The topological polar surface area (TPSA) is 60.9 Å². The molecule has 1 aliphatic rings. The predicted molar refractivity (Wildman–Crippen MR) is 131 cm³/mol. The molecule has 1 N–H and O–H groups in total. The number of hydrogen-bond acceptors (Lipinski definition) is 5. The number of H-pyrrole nitrogens is 1. The molecule has 1 fully saturated rings. The van der Waals surface area contributed by atoms with Crippen LogP contribution < -0.4 is 0 Å². The first kappa shape index (κ1) is 20.5. The van der Waals surface area contributed by atoms with E-state index < -0.39 is 0 Å². The molecule has 0 spiro atoms. The third-order valence-corrected chi connectivity index (χ3v) is 6.50. The van der Waals surface area contributed by atoms with Crippen LogP contribution in [-0.2, 0) is 0 Å². The number of halogens is 1. The van der Waals surface area contributed by atoms with Gasteiger partial charge in [0.25, 0.3) is 0 Å². The van der Waals surface area contributed by atoms with Gasteiger partial charge in [-0.1, -0.05) is 36.9 Å². The third-order valence-electron chi connectivity index (χ3n) is 6.19. The number of hydrogen-bond donors (Lipinski definition) is 1. The Kier molecular flexibility index (Phi) is 5.10. The lowest BCUT2D eigenvalue weighted by atomic mass is 10.1. The van der Waals surface area contributed by atoms with Crippen LogP contribution in [0, 0.1) is 6.92 Å². The first-order chi connectivity index (χ1) is 15.4. The Morgan fingerprint density at radius 2 is 1.78 bits per heavy atom. The summed E-state index contributed by atoms with van der Waals surface area (Å²) in [6.07, 6.45) is 1.79. The maximum atomic E-state index is 6.64. The summed E-state index contributed by atoms with van der Waals surface area (Å²) in [5, 5.41) is 9.75. The van der Waals surface area contributed by atoms with Gasteiger partial charge in [0.1, 0.15) is 0 Å². The molecule has 6 nitrogen and oxygen atoms in total. The highest BCUT2D eigenvalue weighted by atomic mass is 35.5. The molecule has 1 aromatic carbocycles. The molecule has 0 unspecified atom stereocenters. The summed E-state index contributed by atoms with van der Waals surface area (Å²) in [6, 6.07) is 10.1. The molecule has 7 heteroatoms. The zero-order valence-corrected chi connectivity index (χ0v) is 19.1. The van der Waals surface area contributed by atoms with Gasteiger partial charge in [0.15, 0.2) is 5.65 Å².